The lowest BCUT2D eigenvalue weighted by molar-refractivity contribution is -0.121. The maximum Gasteiger partial charge on any atom is 0.220 e. The van der Waals surface area contributed by atoms with Gasteiger partial charge in [0.1, 0.15) is 5.75 Å². The van der Waals surface area contributed by atoms with Gasteiger partial charge < -0.3 is 19.7 Å². The number of amides is 1. The van der Waals surface area contributed by atoms with Gasteiger partial charge in [-0.05, 0) is 24.3 Å². The first-order chi connectivity index (χ1) is 15.1. The summed E-state index contributed by atoms with van der Waals surface area (Å²) in [6.07, 6.45) is 2.03. The number of nitrogens with zero attached hydrogens (tertiary/aromatic N) is 4. The van der Waals surface area contributed by atoms with Gasteiger partial charge in [0.25, 0.3) is 0 Å². The molecule has 31 heavy (non-hydrogen) atoms. The van der Waals surface area contributed by atoms with Gasteiger partial charge in [-0.2, -0.15) is 5.10 Å². The van der Waals surface area contributed by atoms with Crippen molar-refractivity contribution >= 4 is 11.6 Å². The van der Waals surface area contributed by atoms with Crippen molar-refractivity contribution in [1.82, 2.24) is 20.0 Å². The Balaban J connectivity index is 1.15. The van der Waals surface area contributed by atoms with E-state index in [-0.39, 0.29) is 5.91 Å². The Morgan fingerprint density at radius 3 is 2.71 bits per heavy atom. The Bertz CT molecular complexity index is 872. The third-order valence-electron chi connectivity index (χ3n) is 6.24. The minimum absolute atomic E-state index is 0.0907. The Hall–Kier alpha value is -2.58. The van der Waals surface area contributed by atoms with E-state index in [2.05, 4.69) is 32.3 Å². The van der Waals surface area contributed by atoms with E-state index < -0.39 is 0 Å². The van der Waals surface area contributed by atoms with Crippen molar-refractivity contribution in [3.05, 3.63) is 41.2 Å². The number of anilines is 1. The number of aromatic nitrogens is 2. The summed E-state index contributed by atoms with van der Waals surface area (Å²) in [6.45, 7) is 6.92. The quantitative estimate of drug-likeness (QED) is 0.686. The molecule has 1 amide bonds. The van der Waals surface area contributed by atoms with Crippen LogP contribution in [0.25, 0.3) is 0 Å². The second-order valence-corrected chi connectivity index (χ2v) is 8.17. The summed E-state index contributed by atoms with van der Waals surface area (Å²) in [5.74, 6) is 0.974. The Morgan fingerprint density at radius 1 is 1.19 bits per heavy atom. The summed E-state index contributed by atoms with van der Waals surface area (Å²) in [5.41, 5.74) is 4.66. The lowest BCUT2D eigenvalue weighted by Gasteiger charge is -2.36. The van der Waals surface area contributed by atoms with Crippen LogP contribution in [0.3, 0.4) is 0 Å². The molecule has 168 valence electrons. The van der Waals surface area contributed by atoms with Crippen molar-refractivity contribution in [3.8, 4) is 5.75 Å². The van der Waals surface area contributed by atoms with Crippen LogP contribution < -0.4 is 15.0 Å². The summed E-state index contributed by atoms with van der Waals surface area (Å²) in [7, 11) is 3.66. The molecule has 0 aliphatic carbocycles. The molecule has 1 N–H and O–H groups in total. The molecule has 8 nitrogen and oxygen atoms in total. The number of hydrogen-bond acceptors (Lipinski definition) is 6. The molecule has 0 saturated carbocycles. The van der Waals surface area contributed by atoms with E-state index in [0.717, 1.165) is 57.2 Å². The van der Waals surface area contributed by atoms with Crippen LogP contribution in [0.15, 0.2) is 24.3 Å². The third kappa shape index (κ3) is 5.37. The van der Waals surface area contributed by atoms with Gasteiger partial charge in [0, 0.05) is 82.5 Å². The van der Waals surface area contributed by atoms with Gasteiger partial charge in [0.05, 0.1) is 26.0 Å². The maximum atomic E-state index is 12.3. The minimum atomic E-state index is 0.0907. The van der Waals surface area contributed by atoms with E-state index in [1.54, 1.807) is 7.11 Å². The molecule has 0 bridgehead atoms. The van der Waals surface area contributed by atoms with E-state index in [0.29, 0.717) is 26.0 Å². The molecule has 1 aromatic heterocycles. The molecule has 1 saturated heterocycles. The zero-order valence-electron chi connectivity index (χ0n) is 18.6. The van der Waals surface area contributed by atoms with Crippen LogP contribution in [0.5, 0.6) is 5.75 Å². The number of aryl methyl sites for hydroxylation is 2. The largest absolute Gasteiger partial charge is 0.497 e. The summed E-state index contributed by atoms with van der Waals surface area (Å²) < 4.78 is 12.7. The second-order valence-electron chi connectivity index (χ2n) is 8.17. The van der Waals surface area contributed by atoms with Gasteiger partial charge in [-0.25, -0.2) is 0 Å². The molecule has 0 atom stereocenters. The van der Waals surface area contributed by atoms with E-state index >= 15 is 0 Å². The molecule has 8 heteroatoms. The van der Waals surface area contributed by atoms with Crippen molar-refractivity contribution in [1.29, 1.82) is 0 Å². The van der Waals surface area contributed by atoms with Gasteiger partial charge in [0.15, 0.2) is 0 Å². The van der Waals surface area contributed by atoms with Crippen LogP contribution in [0.2, 0.25) is 0 Å². The topological polar surface area (TPSA) is 71.9 Å². The van der Waals surface area contributed by atoms with Gasteiger partial charge in [-0.1, -0.05) is 0 Å². The predicted octanol–water partition coefficient (Wildman–Crippen LogP) is 1.37. The summed E-state index contributed by atoms with van der Waals surface area (Å²) in [5, 5.41) is 7.67. The van der Waals surface area contributed by atoms with Gasteiger partial charge in [-0.3, -0.25) is 14.4 Å². The van der Waals surface area contributed by atoms with Crippen molar-refractivity contribution in [2.24, 2.45) is 7.05 Å². The number of ether oxygens (including phenoxy) is 2. The van der Waals surface area contributed by atoms with Crippen molar-refractivity contribution in [2.45, 2.75) is 25.9 Å². The van der Waals surface area contributed by atoms with E-state index in [1.165, 1.54) is 16.9 Å². The first-order valence-electron chi connectivity index (χ1n) is 11.1. The Morgan fingerprint density at radius 2 is 1.97 bits per heavy atom. The van der Waals surface area contributed by atoms with Crippen LogP contribution in [0, 0.1) is 0 Å². The molecule has 1 aromatic carbocycles. The summed E-state index contributed by atoms with van der Waals surface area (Å²) in [6, 6.07) is 8.23. The smallest absolute Gasteiger partial charge is 0.220 e. The second kappa shape index (κ2) is 10.2. The predicted molar refractivity (Wildman–Crippen MR) is 120 cm³/mol. The number of fused-ring (bicyclic) bond motifs is 1. The fourth-order valence-electron chi connectivity index (χ4n) is 4.38. The number of benzene rings is 1. The third-order valence-corrected chi connectivity index (χ3v) is 6.24. The summed E-state index contributed by atoms with van der Waals surface area (Å²) in [4.78, 5) is 17.1. The lowest BCUT2D eigenvalue weighted by Crippen LogP contribution is -2.48. The maximum absolute atomic E-state index is 12.3. The number of methoxy groups -OCH3 is 1. The van der Waals surface area contributed by atoms with Crippen molar-refractivity contribution in [3.63, 3.8) is 0 Å². The normalized spacial score (nSPS) is 16.8. The molecule has 0 unspecified atom stereocenters. The SMILES string of the molecule is COc1ccc(N2CCN(CCNC(=O)CCc3nn(C)c4c3COCC4)CC2)cc1. The molecule has 4 rings (SSSR count). The van der Waals surface area contributed by atoms with Crippen molar-refractivity contribution < 1.29 is 14.3 Å². The highest BCUT2D eigenvalue weighted by Crippen LogP contribution is 2.22. The molecule has 2 aliphatic heterocycles. The number of rotatable bonds is 8. The van der Waals surface area contributed by atoms with E-state index in [9.17, 15) is 4.79 Å². The highest BCUT2D eigenvalue weighted by atomic mass is 16.5. The molecule has 2 aromatic rings. The molecule has 3 heterocycles. The fraction of sp³-hybridized carbons (Fsp3) is 0.565. The highest BCUT2D eigenvalue weighted by molar-refractivity contribution is 5.76. The van der Waals surface area contributed by atoms with E-state index in [4.69, 9.17) is 9.47 Å². The monoisotopic (exact) mass is 427 g/mol. The molecule has 2 aliphatic rings. The standard InChI is InChI=1S/C23H33N5O3/c1-26-22-9-16-31-17-20(22)21(25-26)7-8-23(29)24-10-11-27-12-14-28(15-13-27)18-3-5-19(30-2)6-4-18/h3-6H,7-17H2,1-2H3,(H,24,29). The zero-order chi connectivity index (χ0) is 21.6. The number of carbonyl (C=O) groups excluding carboxylic acids is 1. The van der Waals surface area contributed by atoms with E-state index in [1.807, 2.05) is 23.9 Å². The van der Waals surface area contributed by atoms with Crippen LogP contribution >= 0.6 is 0 Å². The molecule has 0 radical (unpaired) electrons. The van der Waals surface area contributed by atoms with Crippen LogP contribution in [-0.2, 0) is 36.0 Å². The molecular weight excluding hydrogens is 394 g/mol. The number of piperazine rings is 1. The number of nitrogens with one attached hydrogen (secondary N) is 1. The Kier molecular flexibility index (Phi) is 7.09. The summed E-state index contributed by atoms with van der Waals surface area (Å²) >= 11 is 0. The number of hydrogen-bond donors (Lipinski definition) is 1. The minimum Gasteiger partial charge on any atom is -0.497 e. The van der Waals surface area contributed by atoms with Gasteiger partial charge >= 0.3 is 0 Å². The molecule has 0 spiro atoms. The zero-order valence-corrected chi connectivity index (χ0v) is 18.6. The van der Waals surface area contributed by atoms with Gasteiger partial charge in [-0.15, -0.1) is 0 Å². The van der Waals surface area contributed by atoms with Crippen molar-refractivity contribution in [2.75, 3.05) is 57.9 Å². The van der Waals surface area contributed by atoms with Crippen LogP contribution in [-0.4, -0.2) is 73.6 Å². The molecule has 1 fully saturated rings. The van der Waals surface area contributed by atoms with Gasteiger partial charge in [0.2, 0.25) is 5.91 Å². The highest BCUT2D eigenvalue weighted by Gasteiger charge is 2.20. The lowest BCUT2D eigenvalue weighted by atomic mass is 10.1. The average Bonchev–Trinajstić information content (AvgIpc) is 3.14. The first kappa shape index (κ1) is 21.6. The Labute approximate surface area is 184 Å². The first-order valence-corrected chi connectivity index (χ1v) is 11.1. The van der Waals surface area contributed by atoms with Crippen LogP contribution in [0.1, 0.15) is 23.4 Å². The fourth-order valence-corrected chi connectivity index (χ4v) is 4.38. The number of carbonyl (C=O) groups is 1. The average molecular weight is 428 g/mol. The molecular formula is C23H33N5O3. The van der Waals surface area contributed by atoms with Crippen LogP contribution in [0.4, 0.5) is 5.69 Å².